The molecule has 118 valence electrons. The van der Waals surface area contributed by atoms with Crippen molar-refractivity contribution >= 4 is 11.8 Å². The summed E-state index contributed by atoms with van der Waals surface area (Å²) in [5, 5.41) is 8.20. The van der Waals surface area contributed by atoms with E-state index in [1.165, 1.54) is 4.90 Å². The maximum absolute atomic E-state index is 5.73. The Morgan fingerprint density at radius 2 is 1.74 bits per heavy atom. The molecule has 2 aromatic carbocycles. The first-order chi connectivity index (χ1) is 11.3. The van der Waals surface area contributed by atoms with Crippen molar-refractivity contribution < 1.29 is 13.9 Å². The largest absolute Gasteiger partial charge is 0.493 e. The number of thioether (sulfide) groups is 1. The fourth-order valence-corrected chi connectivity index (χ4v) is 2.82. The number of benzene rings is 2. The van der Waals surface area contributed by atoms with Gasteiger partial charge in [0.05, 0.1) is 20.0 Å². The Bertz CT molecular complexity index is 775. The average Bonchev–Trinajstić information content (AvgIpc) is 3.09. The normalized spacial score (nSPS) is 10.5. The zero-order chi connectivity index (χ0) is 16.1. The van der Waals surface area contributed by atoms with Gasteiger partial charge in [-0.05, 0) is 30.3 Å². The van der Waals surface area contributed by atoms with Crippen LogP contribution in [-0.4, -0.2) is 24.4 Å². The van der Waals surface area contributed by atoms with Gasteiger partial charge in [0.25, 0.3) is 0 Å². The third kappa shape index (κ3) is 3.65. The lowest BCUT2D eigenvalue weighted by atomic mass is 10.2. The van der Waals surface area contributed by atoms with E-state index in [9.17, 15) is 0 Å². The Balaban J connectivity index is 1.74. The van der Waals surface area contributed by atoms with Crippen LogP contribution < -0.4 is 9.47 Å². The lowest BCUT2D eigenvalue weighted by molar-refractivity contribution is 0.355. The Labute approximate surface area is 138 Å². The lowest BCUT2D eigenvalue weighted by Gasteiger charge is -2.07. The summed E-state index contributed by atoms with van der Waals surface area (Å²) < 4.78 is 16.2. The number of aromatic nitrogens is 2. The van der Waals surface area contributed by atoms with Crippen LogP contribution in [-0.2, 0) is 5.75 Å². The van der Waals surface area contributed by atoms with Crippen LogP contribution in [0.3, 0.4) is 0 Å². The van der Waals surface area contributed by atoms with E-state index in [0.29, 0.717) is 29.0 Å². The molecule has 0 fully saturated rings. The second kappa shape index (κ2) is 7.19. The Morgan fingerprint density at radius 3 is 2.48 bits per heavy atom. The van der Waals surface area contributed by atoms with E-state index in [-0.39, 0.29) is 0 Å². The summed E-state index contributed by atoms with van der Waals surface area (Å²) in [5.74, 6) is 2.97. The van der Waals surface area contributed by atoms with Crippen LogP contribution in [0.25, 0.3) is 11.5 Å². The monoisotopic (exact) mass is 328 g/mol. The van der Waals surface area contributed by atoms with Crippen molar-refractivity contribution in [2.45, 2.75) is 10.6 Å². The highest BCUT2D eigenvalue weighted by molar-refractivity contribution is 7.98. The third-order valence-corrected chi connectivity index (χ3v) is 4.20. The predicted octanol–water partition coefficient (Wildman–Crippen LogP) is 4.05. The molecule has 0 saturated heterocycles. The van der Waals surface area contributed by atoms with Crippen molar-refractivity contribution in [3.63, 3.8) is 0 Å². The third-order valence-electron chi connectivity index (χ3n) is 3.20. The van der Waals surface area contributed by atoms with Crippen molar-refractivity contribution in [1.82, 2.24) is 10.2 Å². The topological polar surface area (TPSA) is 57.4 Å². The summed E-state index contributed by atoms with van der Waals surface area (Å²) in [5.41, 5.74) is 0.797. The van der Waals surface area contributed by atoms with Gasteiger partial charge in [0, 0.05) is 10.5 Å². The van der Waals surface area contributed by atoms with E-state index < -0.39 is 0 Å². The van der Waals surface area contributed by atoms with E-state index in [4.69, 9.17) is 13.9 Å². The van der Waals surface area contributed by atoms with Crippen molar-refractivity contribution in [3.05, 3.63) is 54.4 Å². The summed E-state index contributed by atoms with van der Waals surface area (Å²) in [7, 11) is 3.19. The molecular weight excluding hydrogens is 312 g/mol. The Kier molecular flexibility index (Phi) is 4.83. The van der Waals surface area contributed by atoms with Crippen LogP contribution in [0.5, 0.6) is 11.5 Å². The standard InChI is InChI=1S/C17H16N2O3S/c1-20-14-9-8-12(10-15(14)21-2)17-19-18-16(22-17)11-23-13-6-4-3-5-7-13/h3-10H,11H2,1-2H3. The molecule has 6 heteroatoms. The van der Waals surface area contributed by atoms with E-state index in [1.54, 1.807) is 26.0 Å². The minimum absolute atomic E-state index is 0.467. The number of rotatable bonds is 6. The molecule has 0 bridgehead atoms. The van der Waals surface area contributed by atoms with Crippen LogP contribution >= 0.6 is 11.8 Å². The molecule has 0 aliphatic carbocycles. The van der Waals surface area contributed by atoms with Crippen molar-refractivity contribution in [1.29, 1.82) is 0 Å². The first-order valence-electron chi connectivity index (χ1n) is 7.03. The summed E-state index contributed by atoms with van der Waals surface area (Å²) in [6.45, 7) is 0. The second-order valence-corrected chi connectivity index (χ2v) is 5.72. The number of hydrogen-bond acceptors (Lipinski definition) is 6. The van der Waals surface area contributed by atoms with E-state index in [0.717, 1.165) is 5.56 Å². The molecule has 0 aliphatic heterocycles. The van der Waals surface area contributed by atoms with Crippen LogP contribution in [0, 0.1) is 0 Å². The number of hydrogen-bond donors (Lipinski definition) is 0. The molecule has 0 radical (unpaired) electrons. The van der Waals surface area contributed by atoms with Gasteiger partial charge in [-0.25, -0.2) is 0 Å². The molecule has 3 rings (SSSR count). The van der Waals surface area contributed by atoms with E-state index in [1.807, 2.05) is 36.4 Å². The molecule has 0 amide bonds. The SMILES string of the molecule is COc1ccc(-c2nnc(CSc3ccccc3)o2)cc1OC. The highest BCUT2D eigenvalue weighted by Gasteiger charge is 2.12. The number of ether oxygens (including phenoxy) is 2. The Hall–Kier alpha value is -2.47. The molecule has 3 aromatic rings. The molecule has 1 aromatic heterocycles. The molecule has 0 aliphatic rings. The van der Waals surface area contributed by atoms with Crippen LogP contribution in [0.1, 0.15) is 5.89 Å². The van der Waals surface area contributed by atoms with Gasteiger partial charge in [-0.1, -0.05) is 18.2 Å². The van der Waals surface area contributed by atoms with Gasteiger partial charge in [-0.15, -0.1) is 22.0 Å². The average molecular weight is 328 g/mol. The zero-order valence-corrected chi connectivity index (χ0v) is 13.7. The number of nitrogens with zero attached hydrogens (tertiary/aromatic N) is 2. The molecule has 5 nitrogen and oxygen atoms in total. The lowest BCUT2D eigenvalue weighted by Crippen LogP contribution is -1.90. The van der Waals surface area contributed by atoms with Crippen LogP contribution in [0.2, 0.25) is 0 Å². The van der Waals surface area contributed by atoms with Gasteiger partial charge >= 0.3 is 0 Å². The van der Waals surface area contributed by atoms with Gasteiger partial charge in [0.2, 0.25) is 11.8 Å². The van der Waals surface area contributed by atoms with Crippen LogP contribution in [0.15, 0.2) is 57.8 Å². The molecule has 0 saturated carbocycles. The molecule has 23 heavy (non-hydrogen) atoms. The maximum atomic E-state index is 5.73. The highest BCUT2D eigenvalue weighted by atomic mass is 32.2. The molecule has 0 atom stereocenters. The molecular formula is C17H16N2O3S. The quantitative estimate of drug-likeness (QED) is 0.636. The molecule has 0 unspecified atom stereocenters. The molecule has 1 heterocycles. The maximum Gasteiger partial charge on any atom is 0.247 e. The fraction of sp³-hybridized carbons (Fsp3) is 0.176. The molecule has 0 N–H and O–H groups in total. The minimum Gasteiger partial charge on any atom is -0.493 e. The Morgan fingerprint density at radius 1 is 0.957 bits per heavy atom. The first-order valence-corrected chi connectivity index (χ1v) is 8.01. The van der Waals surface area contributed by atoms with Gasteiger partial charge in [0.15, 0.2) is 11.5 Å². The van der Waals surface area contributed by atoms with Crippen molar-refractivity contribution in [2.24, 2.45) is 0 Å². The van der Waals surface area contributed by atoms with Crippen LogP contribution in [0.4, 0.5) is 0 Å². The van der Waals surface area contributed by atoms with Crippen molar-refractivity contribution in [2.75, 3.05) is 14.2 Å². The number of methoxy groups -OCH3 is 2. The van der Waals surface area contributed by atoms with Gasteiger partial charge < -0.3 is 13.9 Å². The summed E-state index contributed by atoms with van der Waals surface area (Å²) in [6.07, 6.45) is 0. The highest BCUT2D eigenvalue weighted by Crippen LogP contribution is 2.32. The van der Waals surface area contributed by atoms with Gasteiger partial charge in [0.1, 0.15) is 0 Å². The smallest absolute Gasteiger partial charge is 0.247 e. The van der Waals surface area contributed by atoms with E-state index in [2.05, 4.69) is 22.3 Å². The summed E-state index contributed by atoms with van der Waals surface area (Å²) in [6, 6.07) is 15.6. The minimum atomic E-state index is 0.467. The van der Waals surface area contributed by atoms with E-state index >= 15 is 0 Å². The summed E-state index contributed by atoms with van der Waals surface area (Å²) >= 11 is 1.65. The van der Waals surface area contributed by atoms with Gasteiger partial charge in [-0.3, -0.25) is 0 Å². The first kappa shape index (κ1) is 15.4. The van der Waals surface area contributed by atoms with Gasteiger partial charge in [-0.2, -0.15) is 0 Å². The zero-order valence-electron chi connectivity index (χ0n) is 12.9. The summed E-state index contributed by atoms with van der Waals surface area (Å²) in [4.78, 5) is 1.17. The molecule has 0 spiro atoms. The predicted molar refractivity (Wildman–Crippen MR) is 88.8 cm³/mol. The van der Waals surface area contributed by atoms with Crippen molar-refractivity contribution in [3.8, 4) is 23.0 Å². The second-order valence-electron chi connectivity index (χ2n) is 4.67. The fourth-order valence-electron chi connectivity index (χ4n) is 2.06.